The fourth-order valence-electron chi connectivity index (χ4n) is 4.18. The van der Waals surface area contributed by atoms with Crippen LogP contribution in [0, 0.1) is 15.9 Å². The summed E-state index contributed by atoms with van der Waals surface area (Å²) in [7, 11) is 0. The standard InChI is InChI=1S/C31H25FN2O6/c32-25-15-13-22(14-16-25)28(35)20-40-31(37)27(19-21-11-17-26(18-12-21)34(38)39)33-30(36)29(23-7-3-1-4-8-23)24-9-5-2-6-10-24/h1-18,27,29H,19-20H2,(H,33,36)/t27-/m0/s1. The molecule has 0 radical (unpaired) electrons. The quantitative estimate of drug-likeness (QED) is 0.124. The highest BCUT2D eigenvalue weighted by molar-refractivity contribution is 5.98. The van der Waals surface area contributed by atoms with Crippen LogP contribution in [-0.2, 0) is 20.7 Å². The molecule has 0 fully saturated rings. The summed E-state index contributed by atoms with van der Waals surface area (Å²) in [5, 5.41) is 13.8. The minimum Gasteiger partial charge on any atom is -0.456 e. The average molecular weight is 541 g/mol. The normalized spacial score (nSPS) is 11.4. The van der Waals surface area contributed by atoms with Gasteiger partial charge in [0.25, 0.3) is 5.69 Å². The number of halogens is 1. The summed E-state index contributed by atoms with van der Waals surface area (Å²) in [5.41, 5.74) is 2.00. The van der Waals surface area contributed by atoms with E-state index in [0.29, 0.717) is 16.7 Å². The molecule has 0 spiro atoms. The summed E-state index contributed by atoms with van der Waals surface area (Å²) in [6.07, 6.45) is -0.0381. The van der Waals surface area contributed by atoms with Gasteiger partial charge in [0.05, 0.1) is 10.8 Å². The molecule has 0 saturated carbocycles. The third kappa shape index (κ3) is 7.22. The van der Waals surface area contributed by atoms with Crippen molar-refractivity contribution in [2.45, 2.75) is 18.4 Å². The van der Waals surface area contributed by atoms with Crippen LogP contribution in [0.4, 0.5) is 10.1 Å². The zero-order valence-corrected chi connectivity index (χ0v) is 21.2. The van der Waals surface area contributed by atoms with Crippen LogP contribution in [0.1, 0.15) is 33.0 Å². The van der Waals surface area contributed by atoms with E-state index in [9.17, 15) is 28.9 Å². The maximum Gasteiger partial charge on any atom is 0.329 e. The fourth-order valence-corrected chi connectivity index (χ4v) is 4.18. The van der Waals surface area contributed by atoms with Gasteiger partial charge in [-0.1, -0.05) is 72.8 Å². The smallest absolute Gasteiger partial charge is 0.329 e. The largest absolute Gasteiger partial charge is 0.456 e. The molecule has 202 valence electrons. The van der Waals surface area contributed by atoms with Crippen LogP contribution < -0.4 is 5.32 Å². The average Bonchev–Trinajstić information content (AvgIpc) is 2.97. The summed E-state index contributed by atoms with van der Waals surface area (Å²) in [4.78, 5) is 49.9. The second-order valence-corrected chi connectivity index (χ2v) is 8.98. The maximum atomic E-state index is 13.7. The van der Waals surface area contributed by atoms with Crippen LogP contribution in [0.15, 0.2) is 109 Å². The molecule has 0 unspecified atom stereocenters. The number of non-ortho nitro benzene ring substituents is 1. The van der Waals surface area contributed by atoms with Gasteiger partial charge in [-0.25, -0.2) is 9.18 Å². The Hall–Kier alpha value is -5.18. The van der Waals surface area contributed by atoms with E-state index in [-0.39, 0.29) is 17.7 Å². The molecule has 4 aromatic rings. The molecule has 0 aromatic heterocycles. The number of ether oxygens (including phenoxy) is 1. The van der Waals surface area contributed by atoms with E-state index >= 15 is 0 Å². The van der Waals surface area contributed by atoms with Crippen LogP contribution in [0.2, 0.25) is 0 Å². The number of benzene rings is 4. The zero-order valence-electron chi connectivity index (χ0n) is 21.2. The predicted molar refractivity (Wildman–Crippen MR) is 145 cm³/mol. The van der Waals surface area contributed by atoms with Crippen molar-refractivity contribution < 1.29 is 28.4 Å². The minimum absolute atomic E-state index is 0.0381. The lowest BCUT2D eigenvalue weighted by Gasteiger charge is -2.23. The van der Waals surface area contributed by atoms with E-state index < -0.39 is 47.0 Å². The number of ketones is 1. The maximum absolute atomic E-state index is 13.7. The molecule has 0 bridgehead atoms. The molecule has 4 aromatic carbocycles. The Kier molecular flexibility index (Phi) is 9.09. The van der Waals surface area contributed by atoms with E-state index in [2.05, 4.69) is 5.32 Å². The number of carbonyl (C=O) groups excluding carboxylic acids is 3. The third-order valence-electron chi connectivity index (χ3n) is 6.23. The molecular weight excluding hydrogens is 515 g/mol. The van der Waals surface area contributed by atoms with Crippen molar-refractivity contribution in [1.29, 1.82) is 0 Å². The highest BCUT2D eigenvalue weighted by Crippen LogP contribution is 2.25. The van der Waals surface area contributed by atoms with Crippen molar-refractivity contribution in [3.63, 3.8) is 0 Å². The first-order chi connectivity index (χ1) is 19.3. The summed E-state index contributed by atoms with van der Waals surface area (Å²) in [6.45, 7) is -0.613. The number of nitrogens with one attached hydrogen (secondary N) is 1. The van der Waals surface area contributed by atoms with Gasteiger partial charge in [0, 0.05) is 24.1 Å². The van der Waals surface area contributed by atoms with Gasteiger partial charge in [0.15, 0.2) is 12.4 Å². The first-order valence-electron chi connectivity index (χ1n) is 12.4. The lowest BCUT2D eigenvalue weighted by atomic mass is 9.90. The molecule has 0 aliphatic heterocycles. The highest BCUT2D eigenvalue weighted by atomic mass is 19.1. The van der Waals surface area contributed by atoms with Gasteiger partial charge in [0.1, 0.15) is 11.9 Å². The van der Waals surface area contributed by atoms with Crippen LogP contribution in [0.5, 0.6) is 0 Å². The molecule has 1 amide bonds. The van der Waals surface area contributed by atoms with E-state index in [4.69, 9.17) is 4.74 Å². The van der Waals surface area contributed by atoms with Crippen molar-refractivity contribution in [1.82, 2.24) is 5.32 Å². The molecule has 8 nitrogen and oxygen atoms in total. The van der Waals surface area contributed by atoms with Crippen molar-refractivity contribution in [3.8, 4) is 0 Å². The number of nitrogens with zero attached hydrogens (tertiary/aromatic N) is 1. The topological polar surface area (TPSA) is 116 Å². The SMILES string of the molecule is O=C(COC(=O)[C@H](Cc1ccc([N+](=O)[O-])cc1)NC(=O)C(c1ccccc1)c1ccccc1)c1ccc(F)cc1. The highest BCUT2D eigenvalue weighted by Gasteiger charge is 2.29. The Bertz CT molecular complexity index is 1440. The first kappa shape index (κ1) is 27.8. The Labute approximate surface area is 229 Å². The molecule has 40 heavy (non-hydrogen) atoms. The van der Waals surface area contributed by atoms with Gasteiger partial charge in [-0.3, -0.25) is 19.7 Å². The summed E-state index contributed by atoms with van der Waals surface area (Å²) in [5.74, 6) is -3.12. The van der Waals surface area contributed by atoms with Crippen molar-refractivity contribution in [3.05, 3.63) is 147 Å². The van der Waals surface area contributed by atoms with Gasteiger partial charge < -0.3 is 10.1 Å². The molecule has 0 saturated heterocycles. The third-order valence-corrected chi connectivity index (χ3v) is 6.23. The number of esters is 1. The van der Waals surface area contributed by atoms with Crippen molar-refractivity contribution >= 4 is 23.3 Å². The molecular formula is C31H25FN2O6. The van der Waals surface area contributed by atoms with Gasteiger partial charge >= 0.3 is 5.97 Å². The van der Waals surface area contributed by atoms with Crippen molar-refractivity contribution in [2.24, 2.45) is 0 Å². The lowest BCUT2D eigenvalue weighted by Crippen LogP contribution is -2.45. The van der Waals surface area contributed by atoms with Crippen LogP contribution in [0.25, 0.3) is 0 Å². The monoisotopic (exact) mass is 540 g/mol. The summed E-state index contributed by atoms with van der Waals surface area (Å²) >= 11 is 0. The number of nitro groups is 1. The van der Waals surface area contributed by atoms with Crippen LogP contribution >= 0.6 is 0 Å². The van der Waals surface area contributed by atoms with Crippen LogP contribution in [0.3, 0.4) is 0 Å². The number of hydrogen-bond acceptors (Lipinski definition) is 6. The van der Waals surface area contributed by atoms with Gasteiger partial charge in [-0.15, -0.1) is 0 Å². The fraction of sp³-hybridized carbons (Fsp3) is 0.129. The zero-order chi connectivity index (χ0) is 28.5. The van der Waals surface area contributed by atoms with E-state index in [0.717, 1.165) is 12.1 Å². The lowest BCUT2D eigenvalue weighted by molar-refractivity contribution is -0.384. The summed E-state index contributed by atoms with van der Waals surface area (Å²) in [6, 6.07) is 27.3. The molecule has 1 N–H and O–H groups in total. The molecule has 1 atom stereocenters. The number of amides is 1. The van der Waals surface area contributed by atoms with Gasteiger partial charge in [0.2, 0.25) is 5.91 Å². The van der Waals surface area contributed by atoms with E-state index in [1.165, 1.54) is 36.4 Å². The molecule has 0 heterocycles. The number of Topliss-reactive ketones (excluding diaryl/α,β-unsaturated/α-hetero) is 1. The molecule has 9 heteroatoms. The van der Waals surface area contributed by atoms with Crippen LogP contribution in [-0.4, -0.2) is 35.2 Å². The Balaban J connectivity index is 1.57. The Morgan fingerprint density at radius 3 is 1.88 bits per heavy atom. The van der Waals surface area contributed by atoms with E-state index in [1.807, 2.05) is 60.7 Å². The van der Waals surface area contributed by atoms with Gasteiger partial charge in [-0.2, -0.15) is 0 Å². The predicted octanol–water partition coefficient (Wildman–Crippen LogP) is 5.02. The van der Waals surface area contributed by atoms with Gasteiger partial charge in [-0.05, 0) is 41.0 Å². The second-order valence-electron chi connectivity index (χ2n) is 8.98. The van der Waals surface area contributed by atoms with E-state index in [1.54, 1.807) is 0 Å². The second kappa shape index (κ2) is 13.1. The first-order valence-corrected chi connectivity index (χ1v) is 12.4. The molecule has 0 aliphatic rings. The molecule has 0 aliphatic carbocycles. The number of hydrogen-bond donors (Lipinski definition) is 1. The number of nitro benzene ring substituents is 1. The molecule has 4 rings (SSSR count). The minimum atomic E-state index is -1.20. The number of carbonyl (C=O) groups is 3. The summed E-state index contributed by atoms with van der Waals surface area (Å²) < 4.78 is 18.5. The Morgan fingerprint density at radius 2 is 1.35 bits per heavy atom. The Morgan fingerprint density at radius 1 is 0.800 bits per heavy atom. The number of rotatable bonds is 11. The van der Waals surface area contributed by atoms with Crippen molar-refractivity contribution in [2.75, 3.05) is 6.61 Å².